The van der Waals surface area contributed by atoms with Gasteiger partial charge in [0.2, 0.25) is 6.54 Å². The van der Waals surface area contributed by atoms with Crippen LogP contribution in [0, 0.1) is 17.8 Å². The number of carbonyl (C=O) groups excluding carboxylic acids is 1. The molecule has 9 nitrogen and oxygen atoms in total. The highest BCUT2D eigenvalue weighted by Crippen LogP contribution is 2.46. The van der Waals surface area contributed by atoms with Gasteiger partial charge >= 0.3 is 6.01 Å². The van der Waals surface area contributed by atoms with Crippen molar-refractivity contribution >= 4 is 53.3 Å². The predicted molar refractivity (Wildman–Crippen MR) is 186 cm³/mol. The van der Waals surface area contributed by atoms with Crippen LogP contribution in [0.3, 0.4) is 0 Å². The molecule has 1 aromatic heterocycles. The number of rotatable bonds is 10. The summed E-state index contributed by atoms with van der Waals surface area (Å²) in [6.45, 7) is 17.2. The number of anilines is 2. The minimum Gasteiger partial charge on any atom is -0.463 e. The molecule has 2 aromatic carbocycles. The number of amides is 1. The molecule has 3 heterocycles. The van der Waals surface area contributed by atoms with Gasteiger partial charge in [-0.1, -0.05) is 43.3 Å². The van der Waals surface area contributed by atoms with Crippen molar-refractivity contribution in [3.63, 3.8) is 0 Å². The number of halogens is 3. The fraction of sp³-hybridized carbons (Fsp3) is 0.471. The van der Waals surface area contributed by atoms with Crippen molar-refractivity contribution in [2.24, 2.45) is 5.41 Å². The summed E-state index contributed by atoms with van der Waals surface area (Å²) in [5, 5.41) is 1.60. The van der Waals surface area contributed by atoms with E-state index in [1.165, 1.54) is 11.0 Å². The van der Waals surface area contributed by atoms with Gasteiger partial charge in [-0.3, -0.25) is 4.79 Å². The quantitative estimate of drug-likeness (QED) is 0.203. The van der Waals surface area contributed by atoms with E-state index in [1.807, 2.05) is 18.2 Å². The van der Waals surface area contributed by atoms with Crippen molar-refractivity contribution in [3.8, 4) is 6.01 Å². The number of carbonyl (C=O) groups is 1. The first kappa shape index (κ1) is 34.7. The summed E-state index contributed by atoms with van der Waals surface area (Å²) in [7, 11) is 2.11. The van der Waals surface area contributed by atoms with E-state index in [9.17, 15) is 13.6 Å². The Balaban J connectivity index is 0.00000433. The van der Waals surface area contributed by atoms with Gasteiger partial charge in [-0.25, -0.2) is 15.4 Å². The summed E-state index contributed by atoms with van der Waals surface area (Å²) in [5.74, 6) is -1.58. The van der Waals surface area contributed by atoms with E-state index in [1.54, 1.807) is 6.07 Å². The number of nitrogens with zero attached hydrogens (tertiary/aromatic N) is 7. The fourth-order valence-electron chi connectivity index (χ4n) is 6.63. The van der Waals surface area contributed by atoms with E-state index in [0.29, 0.717) is 50.4 Å². The molecule has 0 N–H and O–H groups in total. The van der Waals surface area contributed by atoms with Gasteiger partial charge in [-0.15, -0.1) is 0 Å². The van der Waals surface area contributed by atoms with E-state index in [4.69, 9.17) is 32.9 Å². The number of hydrogen-bond acceptors (Lipinski definition) is 7. The summed E-state index contributed by atoms with van der Waals surface area (Å²) in [6, 6.07) is 8.67. The van der Waals surface area contributed by atoms with Gasteiger partial charge in [0.15, 0.2) is 5.83 Å². The molecule has 1 saturated carbocycles. The SMILES string of the molecule is S.[C-]#[N+]C[C@H]1CN(c2nc(OCC3(CN(C)CC)CC3)nc3c2CCN(c2cccc4ccc(F)c(Cl)c24)C3)CCN1C(=O)C(=C)F. The summed E-state index contributed by atoms with van der Waals surface area (Å²) in [5.41, 5.74) is 2.65. The highest BCUT2D eigenvalue weighted by molar-refractivity contribution is 7.59. The molecule has 47 heavy (non-hydrogen) atoms. The summed E-state index contributed by atoms with van der Waals surface area (Å²) in [6.07, 6.45) is 2.76. The van der Waals surface area contributed by atoms with Crippen LogP contribution in [0.1, 0.15) is 31.0 Å². The molecule has 2 aliphatic heterocycles. The number of benzene rings is 2. The number of hydrogen-bond donors (Lipinski definition) is 0. The summed E-state index contributed by atoms with van der Waals surface area (Å²) < 4.78 is 34.8. The maximum absolute atomic E-state index is 14.6. The molecule has 1 aliphatic carbocycles. The second-order valence-electron chi connectivity index (χ2n) is 12.6. The fourth-order valence-corrected chi connectivity index (χ4v) is 6.90. The average molecular weight is 684 g/mol. The molecule has 1 amide bonds. The van der Waals surface area contributed by atoms with Gasteiger partial charge < -0.3 is 29.2 Å². The molecule has 0 bridgehead atoms. The molecule has 250 valence electrons. The number of aromatic nitrogens is 2. The van der Waals surface area contributed by atoms with Crippen molar-refractivity contribution in [1.82, 2.24) is 19.8 Å². The minimum atomic E-state index is -1.03. The van der Waals surface area contributed by atoms with Crippen molar-refractivity contribution in [2.45, 2.75) is 38.8 Å². The van der Waals surface area contributed by atoms with Crippen LogP contribution in [-0.2, 0) is 17.8 Å². The van der Waals surface area contributed by atoms with Gasteiger partial charge in [-0.2, -0.15) is 23.5 Å². The molecular weight excluding hydrogens is 644 g/mol. The maximum Gasteiger partial charge on any atom is 0.318 e. The zero-order valence-corrected chi connectivity index (χ0v) is 28.5. The lowest BCUT2D eigenvalue weighted by molar-refractivity contribution is -0.131. The zero-order chi connectivity index (χ0) is 32.6. The van der Waals surface area contributed by atoms with Crippen molar-refractivity contribution in [3.05, 3.63) is 76.3 Å². The second-order valence-corrected chi connectivity index (χ2v) is 13.0. The lowest BCUT2D eigenvalue weighted by Gasteiger charge is -2.41. The van der Waals surface area contributed by atoms with Crippen LogP contribution in [-0.4, -0.2) is 91.2 Å². The monoisotopic (exact) mass is 683 g/mol. The van der Waals surface area contributed by atoms with Crippen LogP contribution >= 0.6 is 25.1 Å². The number of fused-ring (bicyclic) bond motifs is 2. The first-order valence-electron chi connectivity index (χ1n) is 15.7. The smallest absolute Gasteiger partial charge is 0.318 e. The van der Waals surface area contributed by atoms with Crippen molar-refractivity contribution in [1.29, 1.82) is 0 Å². The molecule has 1 atom stereocenters. The highest BCUT2D eigenvalue weighted by atomic mass is 35.5. The molecule has 2 fully saturated rings. The van der Waals surface area contributed by atoms with E-state index in [0.717, 1.165) is 48.3 Å². The maximum atomic E-state index is 14.6. The number of ether oxygens (including phenoxy) is 1. The topological polar surface area (TPSA) is 69.4 Å². The van der Waals surface area contributed by atoms with Gasteiger partial charge in [0.1, 0.15) is 17.7 Å². The number of piperazine rings is 1. The average Bonchev–Trinajstić information content (AvgIpc) is 3.83. The van der Waals surface area contributed by atoms with Crippen LogP contribution in [0.2, 0.25) is 5.02 Å². The summed E-state index contributed by atoms with van der Waals surface area (Å²) >= 11 is 6.50. The first-order valence-corrected chi connectivity index (χ1v) is 16.1. The standard InChI is InChI=1S/C34H38ClF2N7O2.H2S/c1-5-41(4)20-34(12-13-34)21-46-33-39-27-19-42(28-8-6-7-23-9-10-26(37)30(35)29(23)28)14-11-25(27)31(40-33)43-15-16-44(32(45)22(2)36)24(18-43)17-38-3;/h6-10,24H,2,5,11-21H2,1,4H3;1H2/t24-;/m0./s1. The molecule has 0 spiro atoms. The van der Waals surface area contributed by atoms with E-state index in [2.05, 4.69) is 40.1 Å². The molecule has 13 heteroatoms. The zero-order valence-electron chi connectivity index (χ0n) is 26.7. The largest absolute Gasteiger partial charge is 0.463 e. The Bertz CT molecular complexity index is 1720. The Hall–Kier alpha value is -3.66. The Morgan fingerprint density at radius 3 is 2.70 bits per heavy atom. The predicted octanol–water partition coefficient (Wildman–Crippen LogP) is 5.63. The van der Waals surface area contributed by atoms with Crippen LogP contribution < -0.4 is 14.5 Å². The van der Waals surface area contributed by atoms with Gasteiger partial charge in [0.05, 0.1) is 23.9 Å². The molecule has 3 aromatic rings. The Morgan fingerprint density at radius 2 is 2.00 bits per heavy atom. The molecule has 3 aliphatic rings. The van der Waals surface area contributed by atoms with Gasteiger partial charge in [0, 0.05) is 54.8 Å². The van der Waals surface area contributed by atoms with Gasteiger partial charge in [-0.05, 0) is 50.4 Å². The van der Waals surface area contributed by atoms with E-state index < -0.39 is 23.6 Å². The Labute approximate surface area is 286 Å². The highest BCUT2D eigenvalue weighted by Gasteiger charge is 2.44. The molecular formula is C34H40ClF2N7O2S. The molecule has 6 rings (SSSR count). The van der Waals surface area contributed by atoms with Crippen molar-refractivity contribution < 1.29 is 18.3 Å². The van der Waals surface area contributed by atoms with E-state index >= 15 is 0 Å². The molecule has 1 saturated heterocycles. The third-order valence-electron chi connectivity index (χ3n) is 9.46. The Kier molecular flexibility index (Phi) is 10.5. The lowest BCUT2D eigenvalue weighted by Crippen LogP contribution is -2.57. The Morgan fingerprint density at radius 1 is 1.21 bits per heavy atom. The normalized spacial score (nSPS) is 18.4. The first-order chi connectivity index (χ1) is 22.1. The third kappa shape index (κ3) is 7.12. The van der Waals surface area contributed by atoms with E-state index in [-0.39, 0.29) is 43.0 Å². The molecule has 0 unspecified atom stereocenters. The third-order valence-corrected chi connectivity index (χ3v) is 9.83. The van der Waals surface area contributed by atoms with Crippen molar-refractivity contribution in [2.75, 3.05) is 69.3 Å². The van der Waals surface area contributed by atoms with Crippen LogP contribution in [0.5, 0.6) is 6.01 Å². The van der Waals surface area contributed by atoms with Crippen LogP contribution in [0.15, 0.2) is 42.7 Å². The lowest BCUT2D eigenvalue weighted by atomic mass is 10.0. The van der Waals surface area contributed by atoms with Gasteiger partial charge in [0.25, 0.3) is 5.91 Å². The van der Waals surface area contributed by atoms with Crippen LogP contribution in [0.4, 0.5) is 20.3 Å². The molecule has 0 radical (unpaired) electrons. The second kappa shape index (κ2) is 14.2. The summed E-state index contributed by atoms with van der Waals surface area (Å²) in [4.78, 5) is 33.8. The van der Waals surface area contributed by atoms with Crippen LogP contribution in [0.25, 0.3) is 15.6 Å². The minimum absolute atomic E-state index is 0.